The van der Waals surface area contributed by atoms with E-state index in [-0.39, 0.29) is 5.57 Å². The first-order valence-corrected chi connectivity index (χ1v) is 11.3. The first-order chi connectivity index (χ1) is 15.9. The highest BCUT2D eigenvalue weighted by Gasteiger charge is 2.32. The van der Waals surface area contributed by atoms with Crippen LogP contribution in [-0.2, 0) is 4.79 Å². The zero-order chi connectivity index (χ0) is 23.1. The highest BCUT2D eigenvalue weighted by atomic mass is 35.5. The zero-order valence-corrected chi connectivity index (χ0v) is 19.1. The number of benzene rings is 3. The van der Waals surface area contributed by atoms with Crippen molar-refractivity contribution < 1.29 is 9.90 Å². The van der Waals surface area contributed by atoms with Crippen LogP contribution in [0, 0.1) is 5.92 Å². The number of carboxylic acids is 1. The lowest BCUT2D eigenvalue weighted by Crippen LogP contribution is -2.00. The number of aliphatic carboxylic acids is 1. The van der Waals surface area contributed by atoms with E-state index in [4.69, 9.17) is 23.2 Å². The quantitative estimate of drug-likeness (QED) is 0.227. The Morgan fingerprint density at radius 1 is 0.970 bits per heavy atom. The number of H-pyrrole nitrogens is 1. The fourth-order valence-electron chi connectivity index (χ4n) is 4.18. The van der Waals surface area contributed by atoms with Crippen LogP contribution in [0.5, 0.6) is 0 Å². The van der Waals surface area contributed by atoms with Gasteiger partial charge in [-0.1, -0.05) is 66.2 Å². The Bertz CT molecular complexity index is 1430. The summed E-state index contributed by atoms with van der Waals surface area (Å²) in [6, 6.07) is 19.3. The predicted octanol–water partition coefficient (Wildman–Crippen LogP) is 7.34. The van der Waals surface area contributed by atoms with Crippen molar-refractivity contribution in [2.45, 2.75) is 12.8 Å². The summed E-state index contributed by atoms with van der Waals surface area (Å²) in [6.07, 6.45) is 3.97. The van der Waals surface area contributed by atoms with Gasteiger partial charge in [-0.05, 0) is 76.4 Å². The average Bonchev–Trinajstić information content (AvgIpc) is 3.53. The molecule has 33 heavy (non-hydrogen) atoms. The molecule has 2 N–H and O–H groups in total. The van der Waals surface area contributed by atoms with Crippen molar-refractivity contribution in [3.8, 4) is 0 Å². The van der Waals surface area contributed by atoms with Crippen LogP contribution in [0.15, 0.2) is 73.4 Å². The van der Waals surface area contributed by atoms with Gasteiger partial charge in [0.1, 0.15) is 0 Å². The minimum Gasteiger partial charge on any atom is -0.478 e. The Kier molecular flexibility index (Phi) is 5.57. The maximum Gasteiger partial charge on any atom is 0.335 e. The zero-order valence-electron chi connectivity index (χ0n) is 17.6. The summed E-state index contributed by atoms with van der Waals surface area (Å²) in [5.41, 5.74) is 6.83. The highest BCUT2D eigenvalue weighted by molar-refractivity contribution is 6.36. The molecule has 164 valence electrons. The molecule has 0 atom stereocenters. The molecule has 0 amide bonds. The van der Waals surface area contributed by atoms with Gasteiger partial charge >= 0.3 is 5.97 Å². The van der Waals surface area contributed by atoms with Crippen LogP contribution in [0.4, 0.5) is 0 Å². The largest absolute Gasteiger partial charge is 0.478 e. The van der Waals surface area contributed by atoms with Crippen molar-refractivity contribution >= 4 is 56.8 Å². The lowest BCUT2D eigenvalue weighted by molar-refractivity contribution is -0.130. The number of hydrogen-bond acceptors (Lipinski definition) is 2. The molecule has 0 bridgehead atoms. The Balaban J connectivity index is 1.76. The molecule has 4 nitrogen and oxygen atoms in total. The third-order valence-electron chi connectivity index (χ3n) is 5.99. The molecule has 1 saturated carbocycles. The van der Waals surface area contributed by atoms with Crippen LogP contribution >= 0.6 is 23.2 Å². The van der Waals surface area contributed by atoms with Crippen LogP contribution in [0.25, 0.3) is 27.6 Å². The fourth-order valence-corrected chi connectivity index (χ4v) is 4.69. The topological polar surface area (TPSA) is 66.0 Å². The summed E-state index contributed by atoms with van der Waals surface area (Å²) >= 11 is 12.9. The van der Waals surface area contributed by atoms with Crippen molar-refractivity contribution in [2.24, 2.45) is 5.92 Å². The van der Waals surface area contributed by atoms with Gasteiger partial charge in [0.05, 0.1) is 17.3 Å². The van der Waals surface area contributed by atoms with E-state index < -0.39 is 5.97 Å². The summed E-state index contributed by atoms with van der Waals surface area (Å²) in [4.78, 5) is 11.4. The number of nitrogens with one attached hydrogen (secondary N) is 1. The van der Waals surface area contributed by atoms with E-state index >= 15 is 0 Å². The first-order valence-electron chi connectivity index (χ1n) is 10.6. The van der Waals surface area contributed by atoms with Crippen LogP contribution in [0.3, 0.4) is 0 Å². The van der Waals surface area contributed by atoms with Gasteiger partial charge in [-0.25, -0.2) is 4.79 Å². The fraction of sp³-hybridized carbons (Fsp3) is 0.111. The second kappa shape index (κ2) is 8.54. The van der Waals surface area contributed by atoms with Gasteiger partial charge in [-0.15, -0.1) is 0 Å². The summed E-state index contributed by atoms with van der Waals surface area (Å²) < 4.78 is 0. The Morgan fingerprint density at radius 3 is 2.33 bits per heavy atom. The maximum atomic E-state index is 11.4. The monoisotopic (exact) mass is 474 g/mol. The molecule has 0 aliphatic heterocycles. The Hall–Kier alpha value is -3.34. The van der Waals surface area contributed by atoms with Gasteiger partial charge in [0.15, 0.2) is 0 Å². The molecule has 1 aromatic heterocycles. The van der Waals surface area contributed by atoms with E-state index in [1.807, 2.05) is 36.5 Å². The molecule has 1 fully saturated rings. The number of allylic oxidation sites excluding steroid dienone is 1. The van der Waals surface area contributed by atoms with Crippen molar-refractivity contribution in [1.29, 1.82) is 0 Å². The number of halogens is 2. The van der Waals surface area contributed by atoms with Crippen LogP contribution in [-0.4, -0.2) is 21.3 Å². The Morgan fingerprint density at radius 2 is 1.67 bits per heavy atom. The number of nitrogens with zero attached hydrogens (tertiary/aromatic N) is 1. The van der Waals surface area contributed by atoms with Gasteiger partial charge < -0.3 is 5.11 Å². The lowest BCUT2D eigenvalue weighted by Gasteiger charge is -2.19. The summed E-state index contributed by atoms with van der Waals surface area (Å²) in [6.45, 7) is 3.67. The molecule has 5 rings (SSSR count). The standard InChI is InChI=1S/C27H20Cl2N2O2/c1-15(27(32)33)16-2-4-17(5-3-16)25(19-8-11-24-20(12-19)14-30-31-24)26(18-6-7-18)22-10-9-21(28)13-23(22)29/h2-5,8-14,18H,1,6-7H2,(H,30,31)(H,32,33)/b26-25+. The third kappa shape index (κ3) is 4.20. The van der Waals surface area contributed by atoms with Gasteiger partial charge in [-0.3, -0.25) is 5.10 Å². The van der Waals surface area contributed by atoms with Gasteiger partial charge in [-0.2, -0.15) is 5.10 Å². The van der Waals surface area contributed by atoms with Gasteiger partial charge in [0, 0.05) is 15.4 Å². The third-order valence-corrected chi connectivity index (χ3v) is 6.53. The number of hydrogen-bond donors (Lipinski definition) is 2. The van der Waals surface area contributed by atoms with E-state index in [1.165, 1.54) is 5.57 Å². The molecule has 1 heterocycles. The minimum absolute atomic E-state index is 0.0649. The van der Waals surface area contributed by atoms with E-state index in [0.717, 1.165) is 46.0 Å². The second-order valence-corrected chi connectivity index (χ2v) is 9.06. The lowest BCUT2D eigenvalue weighted by atomic mass is 9.86. The predicted molar refractivity (Wildman–Crippen MR) is 134 cm³/mol. The number of carboxylic acid groups (broad SMARTS) is 1. The van der Waals surface area contributed by atoms with Crippen molar-refractivity contribution in [3.05, 3.63) is 106 Å². The molecule has 0 saturated heterocycles. The van der Waals surface area contributed by atoms with E-state index in [0.29, 0.717) is 21.5 Å². The molecule has 0 radical (unpaired) electrons. The molecule has 0 spiro atoms. The molecular weight excluding hydrogens is 455 g/mol. The number of carbonyl (C=O) groups is 1. The summed E-state index contributed by atoms with van der Waals surface area (Å²) in [5, 5.41) is 18.7. The van der Waals surface area contributed by atoms with Crippen molar-refractivity contribution in [3.63, 3.8) is 0 Å². The SMILES string of the molecule is C=C(C(=O)O)c1ccc(/C(=C(\c2ccc(Cl)cc2Cl)C2CC2)c2ccc3[nH]ncc3c2)cc1. The summed E-state index contributed by atoms with van der Waals surface area (Å²) in [7, 11) is 0. The first kappa shape index (κ1) is 21.5. The van der Waals surface area contributed by atoms with E-state index in [1.54, 1.807) is 18.2 Å². The smallest absolute Gasteiger partial charge is 0.335 e. The van der Waals surface area contributed by atoms with Gasteiger partial charge in [0.2, 0.25) is 0 Å². The molecule has 6 heteroatoms. The number of aromatic amines is 1. The van der Waals surface area contributed by atoms with Crippen LogP contribution < -0.4 is 0 Å². The minimum atomic E-state index is -1.03. The maximum absolute atomic E-state index is 11.4. The van der Waals surface area contributed by atoms with Gasteiger partial charge in [0.25, 0.3) is 0 Å². The number of fused-ring (bicyclic) bond motifs is 1. The molecule has 1 aliphatic carbocycles. The Labute approximate surface area is 201 Å². The molecule has 1 aliphatic rings. The molecule has 3 aromatic carbocycles. The second-order valence-electron chi connectivity index (χ2n) is 8.22. The summed E-state index contributed by atoms with van der Waals surface area (Å²) in [5.74, 6) is -0.650. The molecule has 4 aromatic rings. The number of rotatable bonds is 6. The van der Waals surface area contributed by atoms with E-state index in [2.05, 4.69) is 28.9 Å². The molecule has 0 unspecified atom stereocenters. The van der Waals surface area contributed by atoms with E-state index in [9.17, 15) is 9.90 Å². The van der Waals surface area contributed by atoms with Crippen molar-refractivity contribution in [1.82, 2.24) is 10.2 Å². The van der Waals surface area contributed by atoms with Crippen molar-refractivity contribution in [2.75, 3.05) is 0 Å². The normalized spacial score (nSPS) is 14.2. The molecular formula is C27H20Cl2N2O2. The number of aromatic nitrogens is 2. The average molecular weight is 475 g/mol. The highest BCUT2D eigenvalue weighted by Crippen LogP contribution is 2.49. The van der Waals surface area contributed by atoms with Crippen LogP contribution in [0.1, 0.15) is 35.1 Å². The van der Waals surface area contributed by atoms with Crippen LogP contribution in [0.2, 0.25) is 10.0 Å².